The van der Waals surface area contributed by atoms with Crippen molar-refractivity contribution in [2.45, 2.75) is 32.4 Å². The summed E-state index contributed by atoms with van der Waals surface area (Å²) < 4.78 is 5.95. The molecule has 1 aliphatic rings. The molecule has 1 heterocycles. The standard InChI is InChI=1S/C18H20ClNO/c1-12-4-3-5-14(8-12)13(2)20-11-17-10-15-9-16(19)6-7-18(15)21-17/h3-9,13,17,20H,10-11H2,1-2H3/t13-,17?/m1/s1. The van der Waals surface area contributed by atoms with E-state index in [2.05, 4.69) is 43.4 Å². The van der Waals surface area contributed by atoms with Crippen LogP contribution in [0.4, 0.5) is 0 Å². The Balaban J connectivity index is 1.57. The molecule has 0 radical (unpaired) electrons. The molecule has 0 bridgehead atoms. The molecule has 21 heavy (non-hydrogen) atoms. The molecule has 0 amide bonds. The van der Waals surface area contributed by atoms with Crippen molar-refractivity contribution in [3.8, 4) is 5.75 Å². The van der Waals surface area contributed by atoms with Gasteiger partial charge in [-0.2, -0.15) is 0 Å². The number of aryl methyl sites for hydroxylation is 1. The largest absolute Gasteiger partial charge is 0.488 e. The Bertz CT molecular complexity index is 641. The van der Waals surface area contributed by atoms with Crippen molar-refractivity contribution in [2.24, 2.45) is 0 Å². The number of hydrogen-bond donors (Lipinski definition) is 1. The van der Waals surface area contributed by atoms with Crippen LogP contribution in [0.1, 0.15) is 29.7 Å². The molecule has 3 rings (SSSR count). The minimum absolute atomic E-state index is 0.186. The van der Waals surface area contributed by atoms with Gasteiger partial charge in [0.15, 0.2) is 0 Å². The third-order valence-electron chi connectivity index (χ3n) is 3.96. The van der Waals surface area contributed by atoms with Gasteiger partial charge >= 0.3 is 0 Å². The first-order chi connectivity index (χ1) is 10.1. The molecule has 2 atom stereocenters. The first-order valence-electron chi connectivity index (χ1n) is 7.37. The van der Waals surface area contributed by atoms with Gasteiger partial charge in [0.1, 0.15) is 11.9 Å². The van der Waals surface area contributed by atoms with Gasteiger partial charge in [-0.1, -0.05) is 41.4 Å². The lowest BCUT2D eigenvalue weighted by molar-refractivity contribution is 0.222. The van der Waals surface area contributed by atoms with E-state index in [1.807, 2.05) is 18.2 Å². The van der Waals surface area contributed by atoms with Crippen LogP contribution in [0.3, 0.4) is 0 Å². The molecule has 1 N–H and O–H groups in total. The molecule has 1 unspecified atom stereocenters. The fraction of sp³-hybridized carbons (Fsp3) is 0.333. The van der Waals surface area contributed by atoms with Crippen molar-refractivity contribution in [1.82, 2.24) is 5.32 Å². The van der Waals surface area contributed by atoms with Gasteiger partial charge < -0.3 is 10.1 Å². The minimum Gasteiger partial charge on any atom is -0.488 e. The molecule has 0 fully saturated rings. The van der Waals surface area contributed by atoms with Gasteiger partial charge in [-0.25, -0.2) is 0 Å². The predicted molar refractivity (Wildman–Crippen MR) is 87.2 cm³/mol. The van der Waals surface area contributed by atoms with E-state index in [1.54, 1.807) is 0 Å². The van der Waals surface area contributed by atoms with Crippen LogP contribution in [-0.4, -0.2) is 12.6 Å². The van der Waals surface area contributed by atoms with Crippen LogP contribution < -0.4 is 10.1 Å². The average molecular weight is 302 g/mol. The van der Waals surface area contributed by atoms with Crippen molar-refractivity contribution in [1.29, 1.82) is 0 Å². The average Bonchev–Trinajstić information content (AvgIpc) is 2.86. The van der Waals surface area contributed by atoms with E-state index in [0.717, 1.165) is 23.7 Å². The summed E-state index contributed by atoms with van der Waals surface area (Å²) in [6.07, 6.45) is 1.11. The van der Waals surface area contributed by atoms with Gasteiger partial charge in [0.05, 0.1) is 0 Å². The number of hydrogen-bond acceptors (Lipinski definition) is 2. The van der Waals surface area contributed by atoms with Crippen molar-refractivity contribution in [3.63, 3.8) is 0 Å². The molecular weight excluding hydrogens is 282 g/mol. The lowest BCUT2D eigenvalue weighted by Gasteiger charge is -2.18. The van der Waals surface area contributed by atoms with Crippen LogP contribution in [0.15, 0.2) is 42.5 Å². The first-order valence-corrected chi connectivity index (χ1v) is 7.74. The molecule has 1 aliphatic heterocycles. The van der Waals surface area contributed by atoms with E-state index in [9.17, 15) is 0 Å². The Morgan fingerprint density at radius 2 is 2.14 bits per heavy atom. The zero-order valence-electron chi connectivity index (χ0n) is 12.4. The molecule has 0 saturated heterocycles. The number of nitrogens with one attached hydrogen (secondary N) is 1. The summed E-state index contributed by atoms with van der Waals surface area (Å²) >= 11 is 6.02. The van der Waals surface area contributed by atoms with Crippen LogP contribution in [0.25, 0.3) is 0 Å². The molecule has 2 aromatic carbocycles. The summed E-state index contributed by atoms with van der Waals surface area (Å²) in [7, 11) is 0. The molecule has 3 heteroatoms. The van der Waals surface area contributed by atoms with Crippen LogP contribution in [0.2, 0.25) is 5.02 Å². The van der Waals surface area contributed by atoms with E-state index in [0.29, 0.717) is 6.04 Å². The van der Waals surface area contributed by atoms with Crippen molar-refractivity contribution in [2.75, 3.05) is 6.54 Å². The minimum atomic E-state index is 0.186. The second kappa shape index (κ2) is 6.08. The Kier molecular flexibility index (Phi) is 4.18. The lowest BCUT2D eigenvalue weighted by Crippen LogP contribution is -2.31. The van der Waals surface area contributed by atoms with E-state index in [1.165, 1.54) is 16.7 Å². The molecule has 110 valence electrons. The van der Waals surface area contributed by atoms with Crippen LogP contribution in [0.5, 0.6) is 5.75 Å². The monoisotopic (exact) mass is 301 g/mol. The third-order valence-corrected chi connectivity index (χ3v) is 4.19. The Labute approximate surface area is 131 Å². The Morgan fingerprint density at radius 1 is 1.29 bits per heavy atom. The zero-order valence-corrected chi connectivity index (χ0v) is 13.2. The van der Waals surface area contributed by atoms with E-state index in [-0.39, 0.29) is 6.10 Å². The maximum atomic E-state index is 6.02. The van der Waals surface area contributed by atoms with Crippen LogP contribution >= 0.6 is 11.6 Å². The number of halogens is 1. The molecule has 0 saturated carbocycles. The van der Waals surface area contributed by atoms with E-state index in [4.69, 9.17) is 16.3 Å². The van der Waals surface area contributed by atoms with Crippen LogP contribution in [0, 0.1) is 6.92 Å². The van der Waals surface area contributed by atoms with Crippen LogP contribution in [-0.2, 0) is 6.42 Å². The summed E-state index contributed by atoms with van der Waals surface area (Å²) in [5.41, 5.74) is 3.81. The molecule has 0 spiro atoms. The fourth-order valence-electron chi connectivity index (χ4n) is 2.77. The second-order valence-electron chi connectivity index (χ2n) is 5.74. The number of rotatable bonds is 4. The molecule has 2 aromatic rings. The summed E-state index contributed by atoms with van der Waals surface area (Å²) in [5.74, 6) is 0.967. The third kappa shape index (κ3) is 3.39. The number of fused-ring (bicyclic) bond motifs is 1. The molecule has 0 aromatic heterocycles. The normalized spacial score (nSPS) is 18.1. The van der Waals surface area contributed by atoms with Gasteiger partial charge in [-0.15, -0.1) is 0 Å². The van der Waals surface area contributed by atoms with Gasteiger partial charge in [-0.3, -0.25) is 0 Å². The second-order valence-corrected chi connectivity index (χ2v) is 6.18. The summed E-state index contributed by atoms with van der Waals surface area (Å²) in [6, 6.07) is 14.8. The Morgan fingerprint density at radius 3 is 2.95 bits per heavy atom. The van der Waals surface area contributed by atoms with Gasteiger partial charge in [0.25, 0.3) is 0 Å². The molecule has 0 aliphatic carbocycles. The van der Waals surface area contributed by atoms with E-state index < -0.39 is 0 Å². The SMILES string of the molecule is Cc1cccc([C@@H](C)NCC2Cc3cc(Cl)ccc3O2)c1. The fourth-order valence-corrected chi connectivity index (χ4v) is 2.96. The summed E-state index contributed by atoms with van der Waals surface area (Å²) in [5, 5.41) is 4.34. The van der Waals surface area contributed by atoms with Crippen molar-refractivity contribution in [3.05, 3.63) is 64.2 Å². The first kappa shape index (κ1) is 14.4. The summed E-state index contributed by atoms with van der Waals surface area (Å²) in [4.78, 5) is 0. The maximum absolute atomic E-state index is 6.02. The van der Waals surface area contributed by atoms with Gasteiger partial charge in [0, 0.05) is 24.0 Å². The smallest absolute Gasteiger partial charge is 0.123 e. The maximum Gasteiger partial charge on any atom is 0.123 e. The van der Waals surface area contributed by atoms with Crippen molar-refractivity contribution >= 4 is 11.6 Å². The quantitative estimate of drug-likeness (QED) is 0.909. The highest BCUT2D eigenvalue weighted by Crippen LogP contribution is 2.31. The molecular formula is C18H20ClNO. The lowest BCUT2D eigenvalue weighted by atomic mass is 10.1. The number of benzene rings is 2. The summed E-state index contributed by atoms with van der Waals surface area (Å²) in [6.45, 7) is 5.14. The Hall–Kier alpha value is -1.51. The predicted octanol–water partition coefficient (Wildman–Crippen LogP) is 4.30. The highest BCUT2D eigenvalue weighted by Gasteiger charge is 2.23. The number of ether oxygens (including phenoxy) is 1. The van der Waals surface area contributed by atoms with Crippen molar-refractivity contribution < 1.29 is 4.74 Å². The van der Waals surface area contributed by atoms with Gasteiger partial charge in [-0.05, 0) is 43.2 Å². The topological polar surface area (TPSA) is 21.3 Å². The highest BCUT2D eigenvalue weighted by atomic mass is 35.5. The van der Waals surface area contributed by atoms with E-state index >= 15 is 0 Å². The highest BCUT2D eigenvalue weighted by molar-refractivity contribution is 6.30. The molecule has 2 nitrogen and oxygen atoms in total. The van der Waals surface area contributed by atoms with Gasteiger partial charge in [0.2, 0.25) is 0 Å². The zero-order chi connectivity index (χ0) is 14.8.